The summed E-state index contributed by atoms with van der Waals surface area (Å²) in [6, 6.07) is 88.0. The van der Waals surface area contributed by atoms with Crippen molar-refractivity contribution >= 4 is 57.0 Å². The van der Waals surface area contributed by atoms with Gasteiger partial charge in [-0.3, -0.25) is 0 Å². The Labute approximate surface area is 298 Å². The first-order valence-electron chi connectivity index (χ1n) is 17.3. The van der Waals surface area contributed by atoms with Gasteiger partial charge in [0.25, 0.3) is 0 Å². The van der Waals surface area contributed by atoms with Crippen LogP contribution in [0, 0.1) is 0 Å². The van der Waals surface area contributed by atoms with E-state index in [1.54, 1.807) is 0 Å². The summed E-state index contributed by atoms with van der Waals surface area (Å²) < 4.78 is 0. The molecular formula is C48H42P2. The van der Waals surface area contributed by atoms with Crippen molar-refractivity contribution in [2.75, 3.05) is 0 Å². The quantitative estimate of drug-likeness (QED) is 0.143. The molecule has 0 amide bonds. The van der Waals surface area contributed by atoms with Gasteiger partial charge in [0, 0.05) is 0 Å². The normalized spacial score (nSPS) is 11.8. The third-order valence-corrected chi connectivity index (χ3v) is 19.2. The molecule has 0 aliphatic carbocycles. The Hall–Kier alpha value is -5.38. The molecule has 2 heteroatoms. The van der Waals surface area contributed by atoms with Gasteiger partial charge in [0.15, 0.2) is 0 Å². The van der Waals surface area contributed by atoms with E-state index in [9.17, 15) is 0 Å². The van der Waals surface area contributed by atoms with Gasteiger partial charge in [-0.15, -0.1) is 0 Å². The Morgan fingerprint density at radius 1 is 0.140 bits per heavy atom. The Bertz CT molecular complexity index is 1670. The summed E-state index contributed by atoms with van der Waals surface area (Å²) in [6.07, 6.45) is 0. The summed E-state index contributed by atoms with van der Waals surface area (Å²) >= 11 is 0. The maximum absolute atomic E-state index is 2.30. The molecule has 50 heavy (non-hydrogen) atoms. The molecule has 0 saturated carbocycles. The summed E-state index contributed by atoms with van der Waals surface area (Å²) in [7, 11) is -4.60. The van der Waals surface area contributed by atoms with Crippen LogP contribution in [0.3, 0.4) is 0 Å². The molecule has 0 aliphatic heterocycles. The van der Waals surface area contributed by atoms with Crippen LogP contribution in [0.1, 0.15) is 0 Å². The summed E-state index contributed by atoms with van der Waals surface area (Å²) in [6.45, 7) is 0. The van der Waals surface area contributed by atoms with Crippen LogP contribution in [0.5, 0.6) is 0 Å². The second-order valence-electron chi connectivity index (χ2n) is 12.4. The third-order valence-electron chi connectivity index (χ3n) is 9.65. The summed E-state index contributed by atoms with van der Waals surface area (Å²) in [5, 5.41) is 11.3. The van der Waals surface area contributed by atoms with Gasteiger partial charge in [-0.25, -0.2) is 0 Å². The SMILES string of the molecule is c1ccc([PH](c2ccccc2)(c2ccccc2)c2ccccc2)cc1.c1ccc([PH](c2ccccc2)(c2ccccc2)c2ccccc2)cc1. The van der Waals surface area contributed by atoms with Crippen molar-refractivity contribution in [3.63, 3.8) is 0 Å². The molecule has 8 aromatic rings. The number of hydrogen-bond donors (Lipinski definition) is 0. The number of benzene rings is 8. The second kappa shape index (κ2) is 15.9. The monoisotopic (exact) mass is 680 g/mol. The first-order valence-corrected chi connectivity index (χ1v) is 21.3. The van der Waals surface area contributed by atoms with Crippen molar-refractivity contribution in [3.8, 4) is 0 Å². The molecule has 0 bridgehead atoms. The van der Waals surface area contributed by atoms with E-state index in [0.29, 0.717) is 0 Å². The van der Waals surface area contributed by atoms with E-state index in [1.807, 2.05) is 0 Å². The summed E-state index contributed by atoms with van der Waals surface area (Å²) in [4.78, 5) is 0. The van der Waals surface area contributed by atoms with Crippen LogP contribution in [0.15, 0.2) is 243 Å². The van der Waals surface area contributed by atoms with Crippen molar-refractivity contribution in [1.82, 2.24) is 0 Å². The van der Waals surface area contributed by atoms with E-state index in [0.717, 1.165) is 0 Å². The average Bonchev–Trinajstić information content (AvgIpc) is 3.22. The van der Waals surface area contributed by atoms with Crippen molar-refractivity contribution < 1.29 is 0 Å². The summed E-state index contributed by atoms with van der Waals surface area (Å²) in [5.41, 5.74) is 0. The van der Waals surface area contributed by atoms with E-state index >= 15 is 0 Å². The molecule has 0 N–H and O–H groups in total. The van der Waals surface area contributed by atoms with E-state index in [1.165, 1.54) is 42.4 Å². The molecule has 0 atom stereocenters. The molecule has 0 radical (unpaired) electrons. The van der Waals surface area contributed by atoms with Crippen LogP contribution < -0.4 is 42.4 Å². The second-order valence-corrected chi connectivity index (χ2v) is 20.0. The van der Waals surface area contributed by atoms with Gasteiger partial charge in [-0.1, -0.05) is 0 Å². The Morgan fingerprint density at radius 3 is 0.340 bits per heavy atom. The van der Waals surface area contributed by atoms with E-state index in [4.69, 9.17) is 0 Å². The van der Waals surface area contributed by atoms with Crippen LogP contribution in [0.2, 0.25) is 0 Å². The molecule has 0 spiro atoms. The molecule has 0 unspecified atom stereocenters. The van der Waals surface area contributed by atoms with Gasteiger partial charge >= 0.3 is 300 Å². The van der Waals surface area contributed by atoms with Crippen LogP contribution in [-0.2, 0) is 0 Å². The minimum absolute atomic E-state index is 1.42. The number of hydrogen-bond acceptors (Lipinski definition) is 0. The first kappa shape index (κ1) is 33.1. The zero-order valence-electron chi connectivity index (χ0n) is 28.1. The van der Waals surface area contributed by atoms with Gasteiger partial charge in [-0.2, -0.15) is 0 Å². The Morgan fingerprint density at radius 2 is 0.240 bits per heavy atom. The van der Waals surface area contributed by atoms with Crippen molar-refractivity contribution in [2.45, 2.75) is 0 Å². The van der Waals surface area contributed by atoms with Gasteiger partial charge in [0.1, 0.15) is 0 Å². The Kier molecular flexibility index (Phi) is 10.5. The molecular weight excluding hydrogens is 638 g/mol. The van der Waals surface area contributed by atoms with Crippen molar-refractivity contribution in [1.29, 1.82) is 0 Å². The molecule has 0 saturated heterocycles. The van der Waals surface area contributed by atoms with E-state index in [-0.39, 0.29) is 0 Å². The van der Waals surface area contributed by atoms with Gasteiger partial charge in [0.05, 0.1) is 0 Å². The minimum atomic E-state index is -2.30. The van der Waals surface area contributed by atoms with Crippen molar-refractivity contribution in [3.05, 3.63) is 243 Å². The summed E-state index contributed by atoms with van der Waals surface area (Å²) in [5.74, 6) is 0. The molecule has 0 nitrogen and oxygen atoms in total. The van der Waals surface area contributed by atoms with Crippen LogP contribution in [-0.4, -0.2) is 0 Å². The fourth-order valence-corrected chi connectivity index (χ4v) is 17.0. The molecule has 8 rings (SSSR count). The topological polar surface area (TPSA) is 0 Å². The molecule has 0 aliphatic rings. The van der Waals surface area contributed by atoms with Gasteiger partial charge < -0.3 is 0 Å². The fourth-order valence-electron chi connectivity index (χ4n) is 7.51. The zero-order chi connectivity index (χ0) is 33.9. The van der Waals surface area contributed by atoms with Crippen LogP contribution in [0.4, 0.5) is 0 Å². The number of rotatable bonds is 8. The first-order chi connectivity index (χ1) is 24.8. The van der Waals surface area contributed by atoms with Crippen LogP contribution >= 0.6 is 14.5 Å². The predicted molar refractivity (Wildman–Crippen MR) is 225 cm³/mol. The van der Waals surface area contributed by atoms with Crippen molar-refractivity contribution in [2.24, 2.45) is 0 Å². The van der Waals surface area contributed by atoms with Gasteiger partial charge in [-0.05, 0) is 0 Å². The van der Waals surface area contributed by atoms with Gasteiger partial charge in [0.2, 0.25) is 0 Å². The fraction of sp³-hybridized carbons (Fsp3) is 0. The molecule has 0 aromatic heterocycles. The zero-order valence-corrected chi connectivity index (χ0v) is 30.1. The van der Waals surface area contributed by atoms with Crippen LogP contribution in [0.25, 0.3) is 0 Å². The standard InChI is InChI=1S/2C24H21P/c2*1-5-13-21(14-6-1)25(22-15-7-2-8-16-22,23-17-9-3-10-18-23)24-19-11-4-12-20-24/h2*1-20,25H. The maximum atomic E-state index is 2.29. The molecule has 8 aromatic carbocycles. The van der Waals surface area contributed by atoms with E-state index < -0.39 is 14.5 Å². The third kappa shape index (κ3) is 6.49. The predicted octanol–water partition coefficient (Wildman–Crippen LogP) is 8.08. The van der Waals surface area contributed by atoms with E-state index in [2.05, 4.69) is 243 Å². The molecule has 0 heterocycles. The average molecular weight is 681 g/mol. The molecule has 0 fully saturated rings. The Balaban J connectivity index is 0.000000157. The molecule has 244 valence electrons.